The highest BCUT2D eigenvalue weighted by Crippen LogP contribution is 2.18. The number of aromatic nitrogens is 1. The first-order valence-corrected chi connectivity index (χ1v) is 9.42. The number of rotatable bonds is 5. The Balaban J connectivity index is 0.00000280. The van der Waals surface area contributed by atoms with Gasteiger partial charge in [0.1, 0.15) is 5.82 Å². The topological polar surface area (TPSA) is 53.0 Å². The summed E-state index contributed by atoms with van der Waals surface area (Å²) in [4.78, 5) is 13.5. The van der Waals surface area contributed by atoms with Gasteiger partial charge in [0.15, 0.2) is 5.96 Å². The smallest absolute Gasteiger partial charge is 0.193 e. The molecule has 0 radical (unpaired) electrons. The molecule has 1 aliphatic rings. The third-order valence-electron chi connectivity index (χ3n) is 4.86. The van der Waals surface area contributed by atoms with E-state index in [4.69, 9.17) is 4.74 Å². The molecule has 0 bridgehead atoms. The quantitative estimate of drug-likeness (QED) is 0.393. The molecule has 1 aliphatic heterocycles. The third-order valence-corrected chi connectivity index (χ3v) is 4.86. The average Bonchev–Trinajstić information content (AvgIpc) is 2.71. The monoisotopic (exact) mass is 495 g/mol. The van der Waals surface area contributed by atoms with E-state index in [2.05, 4.69) is 69.4 Å². The first kappa shape index (κ1) is 22.4. The summed E-state index contributed by atoms with van der Waals surface area (Å²) < 4.78 is 5.46. The lowest BCUT2D eigenvalue weighted by Crippen LogP contribution is -2.40. The van der Waals surface area contributed by atoms with Gasteiger partial charge in [-0.2, -0.15) is 0 Å². The number of benzene rings is 1. The Hall–Kier alpha value is -1.87. The number of anilines is 1. The molecule has 1 saturated heterocycles. The summed E-state index contributed by atoms with van der Waals surface area (Å²) in [6, 6.07) is 12.6. The molecule has 0 saturated carbocycles. The molecule has 7 heteroatoms. The first-order valence-electron chi connectivity index (χ1n) is 9.42. The summed E-state index contributed by atoms with van der Waals surface area (Å²) in [6.45, 7) is 6.91. The molecule has 28 heavy (non-hydrogen) atoms. The highest BCUT2D eigenvalue weighted by molar-refractivity contribution is 14.0. The molecule has 3 rings (SSSR count). The highest BCUT2D eigenvalue weighted by Gasteiger charge is 2.16. The second-order valence-corrected chi connectivity index (χ2v) is 6.77. The lowest BCUT2D eigenvalue weighted by Gasteiger charge is -2.30. The van der Waals surface area contributed by atoms with Gasteiger partial charge in [-0.3, -0.25) is 4.99 Å². The van der Waals surface area contributed by atoms with E-state index in [-0.39, 0.29) is 24.0 Å². The molecule has 1 aromatic heterocycles. The van der Waals surface area contributed by atoms with E-state index in [1.54, 1.807) is 0 Å². The molecule has 1 aromatic carbocycles. The van der Waals surface area contributed by atoms with Crippen LogP contribution in [0.4, 0.5) is 5.82 Å². The van der Waals surface area contributed by atoms with Crippen LogP contribution in [0.3, 0.4) is 0 Å². The molecule has 1 fully saturated rings. The van der Waals surface area contributed by atoms with Crippen LogP contribution in [0, 0.1) is 6.92 Å². The minimum absolute atomic E-state index is 0. The maximum absolute atomic E-state index is 5.46. The van der Waals surface area contributed by atoms with Crippen molar-refractivity contribution in [2.24, 2.45) is 4.99 Å². The molecule has 2 heterocycles. The zero-order valence-electron chi connectivity index (χ0n) is 16.9. The summed E-state index contributed by atoms with van der Waals surface area (Å²) >= 11 is 0. The summed E-state index contributed by atoms with van der Waals surface area (Å²) in [5, 5.41) is 3.48. The second-order valence-electron chi connectivity index (χ2n) is 6.77. The molecule has 0 unspecified atom stereocenters. The Morgan fingerprint density at radius 2 is 1.89 bits per heavy atom. The van der Waals surface area contributed by atoms with Crippen LogP contribution in [0.2, 0.25) is 0 Å². The van der Waals surface area contributed by atoms with Crippen molar-refractivity contribution in [3.63, 3.8) is 0 Å². The Morgan fingerprint density at radius 1 is 1.18 bits per heavy atom. The van der Waals surface area contributed by atoms with Crippen molar-refractivity contribution < 1.29 is 4.74 Å². The Kier molecular flexibility index (Phi) is 8.98. The SMILES string of the molecule is CN=C(NCc1cccnc1N1CCOCC1)N(C)Cc1ccccc1C.I. The van der Waals surface area contributed by atoms with Crippen LogP contribution >= 0.6 is 24.0 Å². The highest BCUT2D eigenvalue weighted by atomic mass is 127. The van der Waals surface area contributed by atoms with Crippen LogP contribution in [0.5, 0.6) is 0 Å². The summed E-state index contributed by atoms with van der Waals surface area (Å²) in [5.41, 5.74) is 3.77. The number of hydrogen-bond donors (Lipinski definition) is 1. The number of guanidine groups is 1. The number of hydrogen-bond acceptors (Lipinski definition) is 4. The van der Waals surface area contributed by atoms with Crippen LogP contribution < -0.4 is 10.2 Å². The number of pyridine rings is 1. The van der Waals surface area contributed by atoms with Crippen LogP contribution in [-0.2, 0) is 17.8 Å². The van der Waals surface area contributed by atoms with E-state index >= 15 is 0 Å². The molecule has 152 valence electrons. The maximum Gasteiger partial charge on any atom is 0.193 e. The Morgan fingerprint density at radius 3 is 2.61 bits per heavy atom. The lowest BCUT2D eigenvalue weighted by atomic mass is 10.1. The largest absolute Gasteiger partial charge is 0.378 e. The fourth-order valence-corrected chi connectivity index (χ4v) is 3.31. The minimum atomic E-state index is 0. The van der Waals surface area contributed by atoms with Crippen molar-refractivity contribution in [1.29, 1.82) is 0 Å². The summed E-state index contributed by atoms with van der Waals surface area (Å²) in [5.74, 6) is 1.90. The van der Waals surface area contributed by atoms with Gasteiger partial charge in [0, 0.05) is 52.0 Å². The molecule has 2 aromatic rings. The predicted octanol–water partition coefficient (Wildman–Crippen LogP) is 3.05. The van der Waals surface area contributed by atoms with E-state index in [1.165, 1.54) is 16.7 Å². The second kappa shape index (κ2) is 11.2. The van der Waals surface area contributed by atoms with E-state index in [9.17, 15) is 0 Å². The molecule has 0 aliphatic carbocycles. The van der Waals surface area contributed by atoms with E-state index in [0.29, 0.717) is 6.54 Å². The molecule has 0 amide bonds. The van der Waals surface area contributed by atoms with Crippen LogP contribution in [-0.4, -0.2) is 56.2 Å². The number of aryl methyl sites for hydroxylation is 1. The maximum atomic E-state index is 5.46. The fraction of sp³-hybridized carbons (Fsp3) is 0.429. The van der Waals surface area contributed by atoms with Crippen molar-refractivity contribution in [3.05, 3.63) is 59.3 Å². The van der Waals surface area contributed by atoms with E-state index < -0.39 is 0 Å². The van der Waals surface area contributed by atoms with Crippen LogP contribution in [0.25, 0.3) is 0 Å². The van der Waals surface area contributed by atoms with Gasteiger partial charge in [-0.15, -0.1) is 24.0 Å². The lowest BCUT2D eigenvalue weighted by molar-refractivity contribution is 0.122. The molecule has 6 nitrogen and oxygen atoms in total. The zero-order valence-corrected chi connectivity index (χ0v) is 19.2. The summed E-state index contributed by atoms with van der Waals surface area (Å²) in [6.07, 6.45) is 1.85. The first-order chi connectivity index (χ1) is 13.2. The fourth-order valence-electron chi connectivity index (χ4n) is 3.31. The van der Waals surface area contributed by atoms with Crippen molar-refractivity contribution in [3.8, 4) is 0 Å². The molecule has 1 N–H and O–H groups in total. The number of aliphatic imine (C=N–C) groups is 1. The van der Waals surface area contributed by atoms with Gasteiger partial charge in [0.2, 0.25) is 0 Å². The van der Waals surface area contributed by atoms with Crippen LogP contribution in [0.1, 0.15) is 16.7 Å². The normalized spacial score (nSPS) is 14.4. The van der Waals surface area contributed by atoms with Crippen LogP contribution in [0.15, 0.2) is 47.6 Å². The number of ether oxygens (including phenoxy) is 1. The third kappa shape index (κ3) is 5.81. The van der Waals surface area contributed by atoms with Crippen molar-refractivity contribution >= 4 is 35.8 Å². The Bertz CT molecular complexity index is 777. The van der Waals surface area contributed by atoms with Gasteiger partial charge in [-0.1, -0.05) is 30.3 Å². The van der Waals surface area contributed by atoms with Crippen molar-refractivity contribution in [2.75, 3.05) is 45.3 Å². The van der Waals surface area contributed by atoms with E-state index in [0.717, 1.165) is 44.6 Å². The average molecular weight is 495 g/mol. The molecule has 0 atom stereocenters. The predicted molar refractivity (Wildman–Crippen MR) is 126 cm³/mol. The van der Waals surface area contributed by atoms with Gasteiger partial charge in [-0.05, 0) is 24.1 Å². The molecule has 0 spiro atoms. The molecular weight excluding hydrogens is 465 g/mol. The van der Waals surface area contributed by atoms with Crippen molar-refractivity contribution in [2.45, 2.75) is 20.0 Å². The number of nitrogens with zero attached hydrogens (tertiary/aromatic N) is 4. The zero-order chi connectivity index (χ0) is 19.1. The van der Waals surface area contributed by atoms with Gasteiger partial charge >= 0.3 is 0 Å². The van der Waals surface area contributed by atoms with Gasteiger partial charge in [-0.25, -0.2) is 4.98 Å². The van der Waals surface area contributed by atoms with Crippen molar-refractivity contribution in [1.82, 2.24) is 15.2 Å². The number of halogens is 1. The van der Waals surface area contributed by atoms with Gasteiger partial charge < -0.3 is 19.9 Å². The number of nitrogens with one attached hydrogen (secondary N) is 1. The van der Waals surface area contributed by atoms with E-state index in [1.807, 2.05) is 19.3 Å². The minimum Gasteiger partial charge on any atom is -0.378 e. The number of morpholine rings is 1. The standard InChI is InChI=1S/C21H29N5O.HI/c1-17-7-4-5-8-19(17)16-25(3)21(22-2)24-15-18-9-6-10-23-20(18)26-11-13-27-14-12-26;/h4-10H,11-16H2,1-3H3,(H,22,24);1H. The molecular formula is C21H30IN5O. The van der Waals surface area contributed by atoms with Gasteiger partial charge in [0.25, 0.3) is 0 Å². The Labute approximate surface area is 185 Å². The summed E-state index contributed by atoms with van der Waals surface area (Å²) in [7, 11) is 3.89. The van der Waals surface area contributed by atoms with Gasteiger partial charge in [0.05, 0.1) is 13.2 Å².